The van der Waals surface area contributed by atoms with Gasteiger partial charge in [-0.2, -0.15) is 15.2 Å². The van der Waals surface area contributed by atoms with E-state index in [2.05, 4.69) is 22.9 Å². The van der Waals surface area contributed by atoms with Gasteiger partial charge in [-0.1, -0.05) is 23.7 Å². The molecule has 0 radical (unpaired) electrons. The quantitative estimate of drug-likeness (QED) is 0.411. The number of benzene rings is 1. The monoisotopic (exact) mass is 598 g/mol. The highest BCUT2D eigenvalue weighted by Crippen LogP contribution is 2.56. The van der Waals surface area contributed by atoms with Crippen molar-refractivity contribution in [2.45, 2.75) is 62.9 Å². The molecule has 1 spiro atoms. The lowest BCUT2D eigenvalue weighted by atomic mass is 9.69. The fraction of sp³-hybridized carbons (Fsp3) is 0.516. The van der Waals surface area contributed by atoms with Crippen molar-refractivity contribution in [2.24, 2.45) is 0 Å². The summed E-state index contributed by atoms with van der Waals surface area (Å²) >= 11 is 6.33. The van der Waals surface area contributed by atoms with Gasteiger partial charge >= 0.3 is 6.01 Å². The molecular formula is C31H34ClF3N6O. The summed E-state index contributed by atoms with van der Waals surface area (Å²) in [5.74, 6) is -1.34. The Morgan fingerprint density at radius 3 is 2.81 bits per heavy atom. The van der Waals surface area contributed by atoms with E-state index in [0.29, 0.717) is 56.2 Å². The zero-order chi connectivity index (χ0) is 29.6. The second-order valence-corrected chi connectivity index (χ2v) is 12.2. The summed E-state index contributed by atoms with van der Waals surface area (Å²) in [7, 11) is 2.07. The van der Waals surface area contributed by atoms with Gasteiger partial charge in [-0.05, 0) is 57.8 Å². The van der Waals surface area contributed by atoms with E-state index in [0.717, 1.165) is 24.9 Å². The summed E-state index contributed by atoms with van der Waals surface area (Å²) in [4.78, 5) is 15.9. The number of anilines is 1. The number of rotatable bonds is 6. The van der Waals surface area contributed by atoms with Gasteiger partial charge in [0.2, 0.25) is 0 Å². The van der Waals surface area contributed by atoms with E-state index in [4.69, 9.17) is 26.3 Å². The summed E-state index contributed by atoms with van der Waals surface area (Å²) in [6.45, 7) is 4.33. The summed E-state index contributed by atoms with van der Waals surface area (Å²) < 4.78 is 51.1. The highest BCUT2D eigenvalue weighted by molar-refractivity contribution is 6.32. The van der Waals surface area contributed by atoms with Crippen LogP contribution in [0.1, 0.15) is 55.0 Å². The number of hydrogen-bond donors (Lipinski definition) is 0. The second kappa shape index (κ2) is 11.4. The third-order valence-electron chi connectivity index (χ3n) is 9.26. The first-order valence-electron chi connectivity index (χ1n) is 14.5. The van der Waals surface area contributed by atoms with E-state index < -0.39 is 17.1 Å². The highest BCUT2D eigenvalue weighted by atomic mass is 35.5. The highest BCUT2D eigenvalue weighted by Gasteiger charge is 2.50. The van der Waals surface area contributed by atoms with Crippen molar-refractivity contribution < 1.29 is 17.9 Å². The van der Waals surface area contributed by atoms with Gasteiger partial charge in [0, 0.05) is 49.4 Å². The molecule has 2 aromatic rings. The average Bonchev–Trinajstić information content (AvgIpc) is 3.47. The third-order valence-corrected chi connectivity index (χ3v) is 9.57. The molecule has 2 fully saturated rings. The summed E-state index contributed by atoms with van der Waals surface area (Å²) in [5, 5.41) is 9.67. The summed E-state index contributed by atoms with van der Waals surface area (Å²) in [6.07, 6.45) is 4.70. The number of aromatic nitrogens is 2. The largest absolute Gasteiger partial charge is 0.462 e. The van der Waals surface area contributed by atoms with E-state index >= 15 is 8.78 Å². The van der Waals surface area contributed by atoms with Crippen molar-refractivity contribution >= 4 is 23.2 Å². The number of ether oxygens (including phenoxy) is 1. The number of halogens is 4. The maximum atomic E-state index is 15.8. The fourth-order valence-corrected chi connectivity index (χ4v) is 7.30. The standard InChI is InChI=1S/C31H34ClF3N6O/c1-19(33)16-40-13-14-41(17-20(40)9-11-36)29-22-8-10-31(23-6-3-7-24(32)26(23)27(34)28(31)35)15-25(22)37-30(38-29)42-18-21-5-4-12-39(21)2/h3,6-7,16,20-21H,4-5,8-10,12-15,17-18H2,1-2H3/t20-,21-,31+/m0/s1. The normalized spacial score (nSPS) is 26.1. The molecule has 1 aromatic carbocycles. The van der Waals surface area contributed by atoms with Crippen LogP contribution in [0.15, 0.2) is 36.1 Å². The molecule has 3 atom stereocenters. The lowest BCUT2D eigenvalue weighted by Crippen LogP contribution is -2.51. The number of fused-ring (bicyclic) bond motifs is 3. The molecule has 0 bridgehead atoms. The van der Waals surface area contributed by atoms with Gasteiger partial charge in [0.15, 0.2) is 5.83 Å². The average molecular weight is 599 g/mol. The number of allylic oxidation sites excluding steroid dienone is 2. The lowest BCUT2D eigenvalue weighted by Gasteiger charge is -2.42. The Hall–Kier alpha value is -3.29. The van der Waals surface area contributed by atoms with Gasteiger partial charge in [-0.3, -0.25) is 0 Å². The van der Waals surface area contributed by atoms with Crippen LogP contribution < -0.4 is 9.64 Å². The molecule has 0 saturated carbocycles. The van der Waals surface area contributed by atoms with Gasteiger partial charge in [0.1, 0.15) is 24.1 Å². The zero-order valence-electron chi connectivity index (χ0n) is 23.8. The Morgan fingerprint density at radius 1 is 1.24 bits per heavy atom. The number of nitrogens with zero attached hydrogens (tertiary/aromatic N) is 6. The minimum absolute atomic E-state index is 0.127. The third kappa shape index (κ3) is 5.01. The molecule has 0 unspecified atom stereocenters. The van der Waals surface area contributed by atoms with Crippen LogP contribution in [-0.2, 0) is 18.3 Å². The Kier molecular flexibility index (Phi) is 7.83. The maximum Gasteiger partial charge on any atom is 0.318 e. The molecule has 6 rings (SSSR count). The fourth-order valence-electron chi connectivity index (χ4n) is 7.05. The minimum Gasteiger partial charge on any atom is -0.462 e. The molecular weight excluding hydrogens is 565 g/mol. The van der Waals surface area contributed by atoms with E-state index in [9.17, 15) is 9.65 Å². The molecule has 2 aliphatic heterocycles. The topological polar surface area (TPSA) is 68.5 Å². The van der Waals surface area contributed by atoms with Crippen molar-refractivity contribution in [3.63, 3.8) is 0 Å². The Labute approximate surface area is 249 Å². The Bertz CT molecular complexity index is 1490. The molecule has 1 aromatic heterocycles. The Balaban J connectivity index is 1.38. The lowest BCUT2D eigenvalue weighted by molar-refractivity contribution is 0.186. The molecule has 42 heavy (non-hydrogen) atoms. The van der Waals surface area contributed by atoms with Gasteiger partial charge in [-0.25, -0.2) is 13.2 Å². The molecule has 11 heteroatoms. The molecule has 2 saturated heterocycles. The van der Waals surface area contributed by atoms with Crippen LogP contribution in [0.25, 0.3) is 5.83 Å². The van der Waals surface area contributed by atoms with Crippen LogP contribution in [0.5, 0.6) is 6.01 Å². The van der Waals surface area contributed by atoms with Crippen molar-refractivity contribution in [1.29, 1.82) is 5.26 Å². The number of likely N-dealkylation sites (tertiary alicyclic amines) is 1. The van der Waals surface area contributed by atoms with E-state index in [1.165, 1.54) is 13.1 Å². The first-order valence-corrected chi connectivity index (χ1v) is 14.9. The maximum absolute atomic E-state index is 15.8. The smallest absolute Gasteiger partial charge is 0.318 e. The van der Waals surface area contributed by atoms with E-state index in [1.807, 2.05) is 4.90 Å². The molecule has 2 aliphatic carbocycles. The summed E-state index contributed by atoms with van der Waals surface area (Å²) in [6, 6.07) is 7.49. The summed E-state index contributed by atoms with van der Waals surface area (Å²) in [5.41, 5.74) is 0.965. The van der Waals surface area contributed by atoms with Crippen LogP contribution in [0, 0.1) is 11.3 Å². The van der Waals surface area contributed by atoms with Gasteiger partial charge < -0.3 is 19.4 Å². The van der Waals surface area contributed by atoms with E-state index in [-0.39, 0.29) is 47.3 Å². The van der Waals surface area contributed by atoms with Crippen molar-refractivity contribution in [1.82, 2.24) is 19.8 Å². The van der Waals surface area contributed by atoms with Gasteiger partial charge in [0.05, 0.1) is 34.7 Å². The SMILES string of the molecule is CC(F)=CN1CCN(c2nc(OC[C@@H]3CCCN3C)nc3c2CC[C@]2(C3)C(F)=C(F)c3c(Cl)cccc32)C[C@@H]1CC#N. The molecule has 222 valence electrons. The number of hydrogen-bond acceptors (Lipinski definition) is 7. The van der Waals surface area contributed by atoms with Crippen molar-refractivity contribution in [3.05, 3.63) is 63.5 Å². The van der Waals surface area contributed by atoms with E-state index in [1.54, 1.807) is 18.2 Å². The van der Waals surface area contributed by atoms with Crippen molar-refractivity contribution in [3.8, 4) is 12.1 Å². The molecule has 0 N–H and O–H groups in total. The van der Waals surface area contributed by atoms with Gasteiger partial charge in [-0.15, -0.1) is 0 Å². The number of nitriles is 1. The van der Waals surface area contributed by atoms with Crippen molar-refractivity contribution in [2.75, 3.05) is 44.7 Å². The van der Waals surface area contributed by atoms with Crippen LogP contribution in [0.3, 0.4) is 0 Å². The predicted molar refractivity (Wildman–Crippen MR) is 155 cm³/mol. The second-order valence-electron chi connectivity index (χ2n) is 11.8. The van der Waals surface area contributed by atoms with Crippen LogP contribution in [0.2, 0.25) is 5.02 Å². The van der Waals surface area contributed by atoms with Crippen LogP contribution in [-0.4, -0.2) is 71.7 Å². The number of piperazine rings is 1. The molecule has 0 amide bonds. The first-order chi connectivity index (χ1) is 20.2. The molecule has 4 aliphatic rings. The van der Waals surface area contributed by atoms with Crippen LogP contribution in [0.4, 0.5) is 19.0 Å². The van der Waals surface area contributed by atoms with Crippen LogP contribution >= 0.6 is 11.6 Å². The number of likely N-dealkylation sites (N-methyl/N-ethyl adjacent to an activating group) is 1. The molecule has 3 heterocycles. The molecule has 7 nitrogen and oxygen atoms in total. The van der Waals surface area contributed by atoms with Gasteiger partial charge in [0.25, 0.3) is 0 Å². The first kappa shape index (κ1) is 28.8. The minimum atomic E-state index is -1.20. The Morgan fingerprint density at radius 2 is 2.07 bits per heavy atom. The predicted octanol–water partition coefficient (Wildman–Crippen LogP) is 5.89. The zero-order valence-corrected chi connectivity index (χ0v) is 24.6.